The van der Waals surface area contributed by atoms with E-state index in [4.69, 9.17) is 0 Å². The molecule has 0 saturated carbocycles. The molecule has 0 aliphatic rings. The van der Waals surface area contributed by atoms with E-state index < -0.39 is 17.9 Å². The van der Waals surface area contributed by atoms with Gasteiger partial charge < -0.3 is 10.2 Å². The van der Waals surface area contributed by atoms with E-state index in [0.29, 0.717) is 41.8 Å². The van der Waals surface area contributed by atoms with Crippen LogP contribution in [0.4, 0.5) is 23.2 Å². The van der Waals surface area contributed by atoms with Gasteiger partial charge in [-0.15, -0.1) is 0 Å². The Hall–Kier alpha value is -3.49. The Morgan fingerprint density at radius 3 is 2.38 bits per heavy atom. The molecular formula is C25H26F4N4O. The first-order chi connectivity index (χ1) is 16.1. The minimum Gasteiger partial charge on any atom is -0.357 e. The van der Waals surface area contributed by atoms with E-state index in [-0.39, 0.29) is 11.7 Å². The average Bonchev–Trinajstić information content (AvgIpc) is 2.81. The number of benzene rings is 1. The summed E-state index contributed by atoms with van der Waals surface area (Å²) >= 11 is 0. The van der Waals surface area contributed by atoms with Crippen LogP contribution >= 0.6 is 0 Å². The van der Waals surface area contributed by atoms with Crippen molar-refractivity contribution in [1.82, 2.24) is 15.3 Å². The molecule has 0 fully saturated rings. The lowest BCUT2D eigenvalue weighted by Gasteiger charge is -2.33. The molecule has 0 spiro atoms. The number of aryl methyl sites for hydroxylation is 3. The van der Waals surface area contributed by atoms with E-state index in [1.54, 1.807) is 32.3 Å². The number of likely N-dealkylation sites (N-methyl/N-ethyl adjacent to an activating group) is 1. The lowest BCUT2D eigenvalue weighted by molar-refractivity contribution is -0.141. The Balaban J connectivity index is 1.89. The van der Waals surface area contributed by atoms with Gasteiger partial charge in [0.15, 0.2) is 0 Å². The van der Waals surface area contributed by atoms with Gasteiger partial charge in [-0.3, -0.25) is 14.8 Å². The number of nitrogens with one attached hydrogen (secondary N) is 1. The number of alkyl halides is 3. The third kappa shape index (κ3) is 6.09. The molecule has 2 aromatic heterocycles. The Labute approximate surface area is 195 Å². The molecule has 0 radical (unpaired) electrons. The molecule has 9 heteroatoms. The van der Waals surface area contributed by atoms with Crippen molar-refractivity contribution in [1.29, 1.82) is 0 Å². The van der Waals surface area contributed by atoms with Crippen LogP contribution in [-0.2, 0) is 17.4 Å². The fourth-order valence-electron chi connectivity index (χ4n) is 3.66. The molecule has 2 heterocycles. The van der Waals surface area contributed by atoms with Crippen LogP contribution in [0, 0.1) is 19.7 Å². The maximum atomic E-state index is 14.0. The predicted octanol–water partition coefficient (Wildman–Crippen LogP) is 5.18. The minimum atomic E-state index is -4.49. The molecule has 34 heavy (non-hydrogen) atoms. The second-order valence-corrected chi connectivity index (χ2v) is 8.03. The summed E-state index contributed by atoms with van der Waals surface area (Å²) in [5.41, 5.74) is 2.27. The van der Waals surface area contributed by atoms with Gasteiger partial charge in [0.1, 0.15) is 17.6 Å². The van der Waals surface area contributed by atoms with E-state index in [1.165, 1.54) is 18.3 Å². The van der Waals surface area contributed by atoms with Gasteiger partial charge >= 0.3 is 6.18 Å². The first-order valence-electron chi connectivity index (χ1n) is 10.8. The van der Waals surface area contributed by atoms with Crippen LogP contribution in [0.15, 0.2) is 54.9 Å². The Morgan fingerprint density at radius 1 is 1.06 bits per heavy atom. The number of aromatic nitrogens is 2. The van der Waals surface area contributed by atoms with Crippen molar-refractivity contribution in [2.45, 2.75) is 38.9 Å². The van der Waals surface area contributed by atoms with E-state index in [2.05, 4.69) is 15.3 Å². The molecular weight excluding hydrogens is 448 g/mol. The highest BCUT2D eigenvalue weighted by Crippen LogP contribution is 2.30. The molecule has 1 N–H and O–H groups in total. The molecule has 180 valence electrons. The van der Waals surface area contributed by atoms with Crippen molar-refractivity contribution in [2.24, 2.45) is 0 Å². The fraction of sp³-hybridized carbons (Fsp3) is 0.320. The van der Waals surface area contributed by atoms with Crippen LogP contribution < -0.4 is 10.2 Å². The van der Waals surface area contributed by atoms with Crippen molar-refractivity contribution in [3.05, 3.63) is 88.8 Å². The van der Waals surface area contributed by atoms with E-state index in [0.717, 1.165) is 11.8 Å². The first kappa shape index (κ1) is 25.1. The molecule has 0 bridgehead atoms. The molecule has 1 atom stereocenters. The summed E-state index contributed by atoms with van der Waals surface area (Å²) in [6.45, 7) is 3.88. The third-order valence-electron chi connectivity index (χ3n) is 5.51. The van der Waals surface area contributed by atoms with Gasteiger partial charge in [-0.1, -0.05) is 12.1 Å². The van der Waals surface area contributed by atoms with Crippen LogP contribution in [0.5, 0.6) is 0 Å². The molecule has 1 aromatic carbocycles. The number of carbonyl (C=O) groups excluding carboxylic acids is 1. The summed E-state index contributed by atoms with van der Waals surface area (Å²) in [6, 6.07) is 9.91. The zero-order valence-corrected chi connectivity index (χ0v) is 19.2. The average molecular weight is 475 g/mol. The summed E-state index contributed by atoms with van der Waals surface area (Å²) in [4.78, 5) is 22.6. The van der Waals surface area contributed by atoms with Gasteiger partial charge in [-0.05, 0) is 68.1 Å². The lowest BCUT2D eigenvalue weighted by Crippen LogP contribution is -2.40. The molecule has 0 unspecified atom stereocenters. The largest absolute Gasteiger partial charge is 0.433 e. The minimum absolute atomic E-state index is 0.260. The van der Waals surface area contributed by atoms with E-state index in [1.807, 2.05) is 24.0 Å². The number of hydrogen-bond donors (Lipinski definition) is 1. The number of anilines is 1. The SMILES string of the molecule is CNC(=O)[C@H](c1ccc(C)nc1)N(CCCc1ccc(C(F)(F)F)nc1)c1ccc(F)c(C)c1. The monoisotopic (exact) mass is 474 g/mol. The summed E-state index contributed by atoms with van der Waals surface area (Å²) in [6.07, 6.45) is -0.656. The number of nitrogens with zero attached hydrogens (tertiary/aromatic N) is 3. The van der Waals surface area contributed by atoms with Crippen molar-refractivity contribution < 1.29 is 22.4 Å². The second-order valence-electron chi connectivity index (χ2n) is 8.03. The zero-order valence-electron chi connectivity index (χ0n) is 19.2. The number of hydrogen-bond acceptors (Lipinski definition) is 4. The van der Waals surface area contributed by atoms with Gasteiger partial charge in [0, 0.05) is 42.9 Å². The quantitative estimate of drug-likeness (QED) is 0.457. The van der Waals surface area contributed by atoms with Gasteiger partial charge in [0.05, 0.1) is 0 Å². The Kier molecular flexibility index (Phi) is 7.86. The molecule has 3 rings (SSSR count). The van der Waals surface area contributed by atoms with Crippen molar-refractivity contribution >= 4 is 11.6 Å². The van der Waals surface area contributed by atoms with Gasteiger partial charge in [-0.25, -0.2) is 4.39 Å². The highest BCUT2D eigenvalue weighted by atomic mass is 19.4. The summed E-state index contributed by atoms with van der Waals surface area (Å²) in [5, 5.41) is 2.68. The predicted molar refractivity (Wildman–Crippen MR) is 122 cm³/mol. The number of rotatable bonds is 8. The topological polar surface area (TPSA) is 58.1 Å². The van der Waals surface area contributed by atoms with Crippen LogP contribution in [0.2, 0.25) is 0 Å². The second kappa shape index (κ2) is 10.6. The summed E-state index contributed by atoms with van der Waals surface area (Å²) < 4.78 is 52.3. The Bertz CT molecular complexity index is 1120. The van der Waals surface area contributed by atoms with Crippen LogP contribution in [0.25, 0.3) is 0 Å². The standard InChI is InChI=1S/C25H26F4N4O/c1-16-13-20(9-10-21(16)26)33(23(24(34)30-3)19-8-6-17(2)31-15-19)12-4-5-18-7-11-22(32-14-18)25(27,28)29/h6-11,13-15,23H,4-5,12H2,1-3H3,(H,30,34)/t23-/m0/s1. The molecule has 5 nitrogen and oxygen atoms in total. The van der Waals surface area contributed by atoms with Gasteiger partial charge in [0.2, 0.25) is 5.91 Å². The zero-order chi connectivity index (χ0) is 24.9. The third-order valence-corrected chi connectivity index (χ3v) is 5.51. The van der Waals surface area contributed by atoms with Crippen molar-refractivity contribution in [3.63, 3.8) is 0 Å². The normalized spacial score (nSPS) is 12.3. The molecule has 0 aliphatic heterocycles. The first-order valence-corrected chi connectivity index (χ1v) is 10.8. The number of pyridine rings is 2. The molecule has 0 aliphatic carbocycles. The maximum Gasteiger partial charge on any atom is 0.433 e. The van der Waals surface area contributed by atoms with Crippen molar-refractivity contribution in [2.75, 3.05) is 18.5 Å². The van der Waals surface area contributed by atoms with Crippen LogP contribution in [0.1, 0.15) is 40.5 Å². The highest BCUT2D eigenvalue weighted by molar-refractivity contribution is 5.86. The van der Waals surface area contributed by atoms with E-state index >= 15 is 0 Å². The number of carbonyl (C=O) groups is 1. The number of amides is 1. The van der Waals surface area contributed by atoms with Gasteiger partial charge in [-0.2, -0.15) is 13.2 Å². The number of halogens is 4. The smallest absolute Gasteiger partial charge is 0.357 e. The summed E-state index contributed by atoms with van der Waals surface area (Å²) in [7, 11) is 1.54. The van der Waals surface area contributed by atoms with Crippen LogP contribution in [-0.4, -0.2) is 29.5 Å². The van der Waals surface area contributed by atoms with Gasteiger partial charge in [0.25, 0.3) is 0 Å². The summed E-state index contributed by atoms with van der Waals surface area (Å²) in [5.74, 6) is -0.614. The van der Waals surface area contributed by atoms with Crippen molar-refractivity contribution in [3.8, 4) is 0 Å². The lowest BCUT2D eigenvalue weighted by atomic mass is 10.0. The molecule has 3 aromatic rings. The van der Waals surface area contributed by atoms with E-state index in [9.17, 15) is 22.4 Å². The highest BCUT2D eigenvalue weighted by Gasteiger charge is 2.32. The fourth-order valence-corrected chi connectivity index (χ4v) is 3.66. The maximum absolute atomic E-state index is 14.0. The molecule has 0 saturated heterocycles. The molecule has 1 amide bonds. The Morgan fingerprint density at radius 2 is 1.82 bits per heavy atom. The van der Waals surface area contributed by atoms with Crippen LogP contribution in [0.3, 0.4) is 0 Å².